The molecule has 0 bridgehead atoms. The summed E-state index contributed by atoms with van der Waals surface area (Å²) < 4.78 is 0. The van der Waals surface area contributed by atoms with Crippen LogP contribution in [0.5, 0.6) is 0 Å². The Bertz CT molecular complexity index is 673. The van der Waals surface area contributed by atoms with Crippen LogP contribution in [0.4, 0.5) is 0 Å². The zero-order valence-electron chi connectivity index (χ0n) is 12.8. The van der Waals surface area contributed by atoms with Crippen molar-refractivity contribution < 1.29 is 0 Å². The summed E-state index contributed by atoms with van der Waals surface area (Å²) in [7, 11) is -1.35. The Morgan fingerprint density at radius 3 is 2.25 bits per heavy atom. The first-order valence-corrected chi connectivity index (χ1v) is 10.9. The van der Waals surface area contributed by atoms with Gasteiger partial charge in [-0.2, -0.15) is 0 Å². The van der Waals surface area contributed by atoms with Gasteiger partial charge in [-0.1, -0.05) is 78.9 Å². The van der Waals surface area contributed by atoms with Crippen LogP contribution in [0, 0.1) is 0 Å². The van der Waals surface area contributed by atoms with Crippen molar-refractivity contribution in [3.63, 3.8) is 0 Å². The van der Waals surface area contributed by atoms with Crippen LogP contribution >= 0.6 is 0 Å². The number of hydrogen-bond acceptors (Lipinski definition) is 0. The predicted molar refractivity (Wildman–Crippen MR) is 92.2 cm³/mol. The molecule has 1 heteroatoms. The van der Waals surface area contributed by atoms with Gasteiger partial charge < -0.3 is 0 Å². The van der Waals surface area contributed by atoms with Crippen LogP contribution in [0.25, 0.3) is 17.2 Å². The number of allylic oxidation sites excluding steroid dienone is 1. The smallest absolute Gasteiger partial charge is 0.0683 e. The molecule has 0 fully saturated rings. The van der Waals surface area contributed by atoms with E-state index in [4.69, 9.17) is 0 Å². The van der Waals surface area contributed by atoms with Gasteiger partial charge in [0.1, 0.15) is 0 Å². The second kappa shape index (κ2) is 4.74. The molecule has 102 valence electrons. The number of fused-ring (bicyclic) bond motifs is 1. The summed E-state index contributed by atoms with van der Waals surface area (Å²) in [6.45, 7) is 9.55. The summed E-state index contributed by atoms with van der Waals surface area (Å²) >= 11 is 0. The van der Waals surface area contributed by atoms with E-state index < -0.39 is 8.07 Å². The molecule has 0 amide bonds. The largest absolute Gasteiger partial charge is 0.0784 e. The third-order valence-corrected chi connectivity index (χ3v) is 6.10. The lowest BCUT2D eigenvalue weighted by Gasteiger charge is -2.23. The predicted octanol–water partition coefficient (Wildman–Crippen LogP) is 4.86. The van der Waals surface area contributed by atoms with Crippen LogP contribution in [0.15, 0.2) is 48.0 Å². The van der Waals surface area contributed by atoms with Gasteiger partial charge in [0.05, 0.1) is 8.07 Å². The number of rotatable bonds is 2. The quantitative estimate of drug-likeness (QED) is 0.688. The van der Waals surface area contributed by atoms with Gasteiger partial charge in [0, 0.05) is 0 Å². The molecule has 1 aliphatic rings. The average Bonchev–Trinajstić information content (AvgIpc) is 2.77. The Kier molecular flexibility index (Phi) is 3.18. The molecule has 0 nitrogen and oxygen atoms in total. The minimum Gasteiger partial charge on any atom is -0.0683 e. The van der Waals surface area contributed by atoms with Crippen LogP contribution in [0.3, 0.4) is 0 Å². The normalized spacial score (nSPS) is 14.1. The number of benzene rings is 2. The van der Waals surface area contributed by atoms with E-state index >= 15 is 0 Å². The van der Waals surface area contributed by atoms with Crippen LogP contribution in [-0.2, 0) is 6.42 Å². The topological polar surface area (TPSA) is 0 Å². The highest BCUT2D eigenvalue weighted by Gasteiger charge is 2.25. The molecule has 0 heterocycles. The lowest BCUT2D eigenvalue weighted by atomic mass is 9.97. The van der Waals surface area contributed by atoms with E-state index in [1.807, 2.05) is 0 Å². The molecule has 1 aliphatic carbocycles. The van der Waals surface area contributed by atoms with Gasteiger partial charge in [0.2, 0.25) is 0 Å². The van der Waals surface area contributed by atoms with Crippen molar-refractivity contribution in [3.8, 4) is 11.1 Å². The summed E-state index contributed by atoms with van der Waals surface area (Å²) in [4.78, 5) is 0. The van der Waals surface area contributed by atoms with Crippen LogP contribution in [0.1, 0.15) is 18.1 Å². The third-order valence-electron chi connectivity index (χ3n) is 4.07. The Morgan fingerprint density at radius 1 is 0.900 bits per heavy atom. The Labute approximate surface area is 123 Å². The summed E-state index contributed by atoms with van der Waals surface area (Å²) in [6, 6.07) is 15.6. The zero-order chi connectivity index (χ0) is 14.3. The summed E-state index contributed by atoms with van der Waals surface area (Å²) in [5.74, 6) is 0. The fraction of sp³-hybridized carbons (Fsp3) is 0.263. The molecule has 0 aliphatic heterocycles. The standard InChI is InChI=1S/C19H22Si/c1-14-12-16-10-11-18(20(2,3)4)19(17(16)13-14)15-8-6-5-7-9-15/h5-11,13H,12H2,1-4H3. The monoisotopic (exact) mass is 278 g/mol. The second-order valence-electron chi connectivity index (χ2n) is 6.84. The molecule has 2 aromatic carbocycles. The zero-order valence-corrected chi connectivity index (χ0v) is 13.8. The minimum atomic E-state index is -1.35. The maximum absolute atomic E-state index is 2.44. The summed E-state index contributed by atoms with van der Waals surface area (Å²) in [5.41, 5.74) is 7.29. The van der Waals surface area contributed by atoms with Crippen molar-refractivity contribution in [2.75, 3.05) is 0 Å². The van der Waals surface area contributed by atoms with E-state index in [0.717, 1.165) is 6.42 Å². The molecule has 0 saturated heterocycles. The van der Waals surface area contributed by atoms with Gasteiger partial charge in [0.15, 0.2) is 0 Å². The van der Waals surface area contributed by atoms with Gasteiger partial charge in [-0.3, -0.25) is 0 Å². The van der Waals surface area contributed by atoms with Crippen LogP contribution < -0.4 is 5.19 Å². The first-order valence-electron chi connectivity index (χ1n) is 7.36. The van der Waals surface area contributed by atoms with Crippen molar-refractivity contribution in [3.05, 3.63) is 59.2 Å². The van der Waals surface area contributed by atoms with E-state index in [-0.39, 0.29) is 0 Å². The Balaban J connectivity index is 2.32. The molecule has 0 N–H and O–H groups in total. The van der Waals surface area contributed by atoms with Crippen LogP contribution in [0.2, 0.25) is 19.6 Å². The van der Waals surface area contributed by atoms with E-state index in [2.05, 4.69) is 75.1 Å². The van der Waals surface area contributed by atoms with Crippen molar-refractivity contribution >= 4 is 19.3 Å². The fourth-order valence-corrected chi connectivity index (χ4v) is 4.73. The van der Waals surface area contributed by atoms with Gasteiger partial charge in [-0.15, -0.1) is 0 Å². The maximum Gasteiger partial charge on any atom is 0.0784 e. The van der Waals surface area contributed by atoms with Crippen molar-refractivity contribution in [1.82, 2.24) is 0 Å². The molecule has 20 heavy (non-hydrogen) atoms. The molecule has 0 saturated carbocycles. The van der Waals surface area contributed by atoms with E-state index in [1.165, 1.54) is 27.8 Å². The molecular formula is C19H22Si. The highest BCUT2D eigenvalue weighted by molar-refractivity contribution is 6.89. The molecule has 0 spiro atoms. The third kappa shape index (κ3) is 2.27. The van der Waals surface area contributed by atoms with Crippen LogP contribution in [-0.4, -0.2) is 8.07 Å². The second-order valence-corrected chi connectivity index (χ2v) is 11.9. The van der Waals surface area contributed by atoms with Crippen molar-refractivity contribution in [1.29, 1.82) is 0 Å². The lowest BCUT2D eigenvalue weighted by Crippen LogP contribution is -2.39. The van der Waals surface area contributed by atoms with Gasteiger partial charge in [-0.05, 0) is 35.6 Å². The molecule has 0 aromatic heterocycles. The van der Waals surface area contributed by atoms with Gasteiger partial charge in [0.25, 0.3) is 0 Å². The van der Waals surface area contributed by atoms with E-state index in [1.54, 1.807) is 5.19 Å². The van der Waals surface area contributed by atoms with E-state index in [0.29, 0.717) is 0 Å². The first kappa shape index (κ1) is 13.4. The molecule has 0 unspecified atom stereocenters. The summed E-state index contributed by atoms with van der Waals surface area (Å²) in [5, 5.41) is 1.58. The van der Waals surface area contributed by atoms with Gasteiger partial charge >= 0.3 is 0 Å². The van der Waals surface area contributed by atoms with Gasteiger partial charge in [-0.25, -0.2) is 0 Å². The SMILES string of the molecule is CC1=Cc2c(ccc([Si](C)(C)C)c2-c2ccccc2)C1. The molecule has 0 radical (unpaired) electrons. The highest BCUT2D eigenvalue weighted by Crippen LogP contribution is 2.34. The lowest BCUT2D eigenvalue weighted by molar-refractivity contribution is 1.20. The molecule has 0 atom stereocenters. The van der Waals surface area contributed by atoms with Crippen molar-refractivity contribution in [2.24, 2.45) is 0 Å². The van der Waals surface area contributed by atoms with Crippen molar-refractivity contribution in [2.45, 2.75) is 33.0 Å². The summed E-state index contributed by atoms with van der Waals surface area (Å²) in [6.07, 6.45) is 3.50. The molecule has 3 rings (SSSR count). The highest BCUT2D eigenvalue weighted by atomic mass is 28.3. The first-order chi connectivity index (χ1) is 9.47. The molecule has 2 aromatic rings. The Morgan fingerprint density at radius 2 is 1.60 bits per heavy atom. The maximum atomic E-state index is 2.44. The molecular weight excluding hydrogens is 256 g/mol. The minimum absolute atomic E-state index is 1.11. The Hall–Kier alpha value is -1.60. The van der Waals surface area contributed by atoms with E-state index in [9.17, 15) is 0 Å². The fourth-order valence-electron chi connectivity index (χ4n) is 3.12. The average molecular weight is 278 g/mol. The number of hydrogen-bond donors (Lipinski definition) is 0.